The first-order valence-corrected chi connectivity index (χ1v) is 7.50. The van der Waals surface area contributed by atoms with Gasteiger partial charge in [-0.15, -0.1) is 0 Å². The van der Waals surface area contributed by atoms with Gasteiger partial charge >= 0.3 is 0 Å². The van der Waals surface area contributed by atoms with Crippen molar-refractivity contribution in [2.24, 2.45) is 5.92 Å². The Morgan fingerprint density at radius 2 is 1.71 bits per heavy atom. The van der Waals surface area contributed by atoms with Crippen molar-refractivity contribution in [2.75, 3.05) is 31.9 Å². The Morgan fingerprint density at radius 1 is 1.10 bits per heavy atom. The maximum absolute atomic E-state index is 12.5. The average Bonchev–Trinajstić information content (AvgIpc) is 3.33. The van der Waals surface area contributed by atoms with Crippen molar-refractivity contribution in [1.29, 1.82) is 0 Å². The Bertz CT molecular complexity index is 573. The van der Waals surface area contributed by atoms with Gasteiger partial charge in [0.1, 0.15) is 0 Å². The Morgan fingerprint density at radius 3 is 2.29 bits per heavy atom. The Labute approximate surface area is 124 Å². The monoisotopic (exact) mass is 287 g/mol. The first kappa shape index (κ1) is 13.9. The number of aryl methyl sites for hydroxylation is 1. The van der Waals surface area contributed by atoms with Crippen LogP contribution in [-0.2, 0) is 4.79 Å². The van der Waals surface area contributed by atoms with Crippen LogP contribution in [0.4, 0.5) is 5.69 Å². The Balaban J connectivity index is 1.61. The maximum atomic E-state index is 12.5. The number of amides is 2. The van der Waals surface area contributed by atoms with Gasteiger partial charge in [0.05, 0.1) is 0 Å². The summed E-state index contributed by atoms with van der Waals surface area (Å²) in [7, 11) is 0. The summed E-state index contributed by atoms with van der Waals surface area (Å²) in [6.07, 6.45) is 2.06. The van der Waals surface area contributed by atoms with Crippen LogP contribution in [0.15, 0.2) is 18.2 Å². The number of nitrogens with two attached hydrogens (primary N) is 1. The van der Waals surface area contributed by atoms with E-state index in [4.69, 9.17) is 5.73 Å². The standard InChI is InChI=1S/C16H21N3O2/c1-11-2-3-13(10-14(11)17)16(21)19-8-6-18(7-9-19)15(20)12-4-5-12/h2-3,10,12H,4-9,17H2,1H3. The molecule has 2 fully saturated rings. The highest BCUT2D eigenvalue weighted by Crippen LogP contribution is 2.31. The molecule has 1 aromatic rings. The summed E-state index contributed by atoms with van der Waals surface area (Å²) in [4.78, 5) is 28.1. The molecule has 1 aliphatic heterocycles. The van der Waals surface area contributed by atoms with Crippen molar-refractivity contribution < 1.29 is 9.59 Å². The van der Waals surface area contributed by atoms with Crippen molar-refractivity contribution in [2.45, 2.75) is 19.8 Å². The molecule has 2 amide bonds. The van der Waals surface area contributed by atoms with Gasteiger partial charge < -0.3 is 15.5 Å². The van der Waals surface area contributed by atoms with E-state index in [-0.39, 0.29) is 17.7 Å². The lowest BCUT2D eigenvalue weighted by atomic mass is 10.1. The molecule has 0 bridgehead atoms. The van der Waals surface area contributed by atoms with Crippen LogP contribution < -0.4 is 5.73 Å². The van der Waals surface area contributed by atoms with Crippen LogP contribution in [0.1, 0.15) is 28.8 Å². The van der Waals surface area contributed by atoms with Gasteiger partial charge in [0.25, 0.3) is 5.91 Å². The van der Waals surface area contributed by atoms with Gasteiger partial charge in [-0.1, -0.05) is 6.07 Å². The molecule has 0 radical (unpaired) electrons. The van der Waals surface area contributed by atoms with E-state index in [1.165, 1.54) is 0 Å². The number of nitrogens with zero attached hydrogens (tertiary/aromatic N) is 2. The van der Waals surface area contributed by atoms with Crippen molar-refractivity contribution in [1.82, 2.24) is 9.80 Å². The minimum atomic E-state index is 0.000205. The predicted octanol–water partition coefficient (Wildman–Crippen LogP) is 1.27. The third-order valence-electron chi connectivity index (χ3n) is 4.33. The summed E-state index contributed by atoms with van der Waals surface area (Å²) in [5, 5.41) is 0. The van der Waals surface area contributed by atoms with Crippen molar-refractivity contribution >= 4 is 17.5 Å². The summed E-state index contributed by atoms with van der Waals surface area (Å²) >= 11 is 0. The number of hydrogen-bond acceptors (Lipinski definition) is 3. The fourth-order valence-corrected chi connectivity index (χ4v) is 2.67. The van der Waals surface area contributed by atoms with Gasteiger partial charge in [0.2, 0.25) is 5.91 Å². The van der Waals surface area contributed by atoms with Crippen LogP contribution in [-0.4, -0.2) is 47.8 Å². The number of carbonyl (C=O) groups excluding carboxylic acids is 2. The highest BCUT2D eigenvalue weighted by Gasteiger charge is 2.35. The van der Waals surface area contributed by atoms with Crippen LogP contribution in [0.2, 0.25) is 0 Å². The molecule has 5 nitrogen and oxygen atoms in total. The zero-order valence-electron chi connectivity index (χ0n) is 12.3. The van der Waals surface area contributed by atoms with Crippen LogP contribution in [0.25, 0.3) is 0 Å². The van der Waals surface area contributed by atoms with E-state index in [0.29, 0.717) is 37.4 Å². The zero-order valence-corrected chi connectivity index (χ0v) is 12.3. The molecule has 5 heteroatoms. The molecule has 1 heterocycles. The fraction of sp³-hybridized carbons (Fsp3) is 0.500. The number of benzene rings is 1. The number of carbonyl (C=O) groups is 2. The zero-order chi connectivity index (χ0) is 15.0. The second-order valence-corrected chi connectivity index (χ2v) is 5.96. The van der Waals surface area contributed by atoms with E-state index >= 15 is 0 Å². The summed E-state index contributed by atoms with van der Waals surface area (Å²) in [6, 6.07) is 5.42. The predicted molar refractivity (Wildman–Crippen MR) is 80.8 cm³/mol. The number of piperazine rings is 1. The molecule has 112 valence electrons. The van der Waals surface area contributed by atoms with Crippen LogP contribution in [0.5, 0.6) is 0 Å². The highest BCUT2D eigenvalue weighted by molar-refractivity contribution is 5.95. The summed E-state index contributed by atoms with van der Waals surface area (Å²) in [6.45, 7) is 4.41. The van der Waals surface area contributed by atoms with Crippen molar-refractivity contribution in [3.05, 3.63) is 29.3 Å². The van der Waals surface area contributed by atoms with E-state index in [9.17, 15) is 9.59 Å². The molecule has 2 N–H and O–H groups in total. The van der Waals surface area contributed by atoms with E-state index in [1.54, 1.807) is 11.0 Å². The average molecular weight is 287 g/mol. The molecule has 0 spiro atoms. The van der Waals surface area contributed by atoms with Crippen molar-refractivity contribution in [3.63, 3.8) is 0 Å². The summed E-state index contributed by atoms with van der Waals surface area (Å²) in [5.74, 6) is 0.519. The van der Waals surface area contributed by atoms with E-state index in [2.05, 4.69) is 0 Å². The minimum Gasteiger partial charge on any atom is -0.398 e. The van der Waals surface area contributed by atoms with E-state index in [0.717, 1.165) is 18.4 Å². The van der Waals surface area contributed by atoms with E-state index in [1.807, 2.05) is 24.0 Å². The largest absolute Gasteiger partial charge is 0.398 e. The number of hydrogen-bond donors (Lipinski definition) is 1. The van der Waals surface area contributed by atoms with Crippen LogP contribution >= 0.6 is 0 Å². The third-order valence-corrected chi connectivity index (χ3v) is 4.33. The lowest BCUT2D eigenvalue weighted by molar-refractivity contribution is -0.134. The lowest BCUT2D eigenvalue weighted by Gasteiger charge is -2.35. The quantitative estimate of drug-likeness (QED) is 0.833. The molecule has 2 aliphatic rings. The molecular formula is C16H21N3O2. The normalized spacial score (nSPS) is 18.7. The molecule has 0 aromatic heterocycles. The molecule has 0 unspecified atom stereocenters. The molecule has 0 atom stereocenters. The van der Waals surface area contributed by atoms with Gasteiger partial charge in [0.15, 0.2) is 0 Å². The second kappa shape index (κ2) is 5.39. The number of nitrogen functional groups attached to an aromatic ring is 1. The second-order valence-electron chi connectivity index (χ2n) is 5.96. The fourth-order valence-electron chi connectivity index (χ4n) is 2.67. The molecule has 3 rings (SSSR count). The van der Waals surface area contributed by atoms with Crippen molar-refractivity contribution in [3.8, 4) is 0 Å². The molecule has 1 saturated heterocycles. The number of anilines is 1. The molecule has 21 heavy (non-hydrogen) atoms. The Kier molecular flexibility index (Phi) is 3.57. The lowest BCUT2D eigenvalue weighted by Crippen LogP contribution is -2.51. The number of rotatable bonds is 2. The smallest absolute Gasteiger partial charge is 0.254 e. The first-order valence-electron chi connectivity index (χ1n) is 7.50. The molecule has 1 aromatic carbocycles. The molecular weight excluding hydrogens is 266 g/mol. The van der Waals surface area contributed by atoms with Crippen LogP contribution in [0, 0.1) is 12.8 Å². The third kappa shape index (κ3) is 2.86. The maximum Gasteiger partial charge on any atom is 0.254 e. The van der Waals surface area contributed by atoms with E-state index < -0.39 is 0 Å². The summed E-state index contributed by atoms with van der Waals surface area (Å²) in [5.41, 5.74) is 8.11. The first-order chi connectivity index (χ1) is 10.1. The molecule has 1 aliphatic carbocycles. The van der Waals surface area contributed by atoms with Gasteiger partial charge in [-0.2, -0.15) is 0 Å². The Hall–Kier alpha value is -2.04. The summed E-state index contributed by atoms with van der Waals surface area (Å²) < 4.78 is 0. The molecule has 1 saturated carbocycles. The van der Waals surface area contributed by atoms with Gasteiger partial charge in [-0.05, 0) is 37.5 Å². The van der Waals surface area contributed by atoms with Crippen LogP contribution in [0.3, 0.4) is 0 Å². The highest BCUT2D eigenvalue weighted by atomic mass is 16.2. The minimum absolute atomic E-state index is 0.000205. The van der Waals surface area contributed by atoms with Gasteiger partial charge in [-0.3, -0.25) is 9.59 Å². The SMILES string of the molecule is Cc1ccc(C(=O)N2CCN(C(=O)C3CC3)CC2)cc1N. The van der Waals surface area contributed by atoms with Gasteiger partial charge in [0, 0.05) is 43.3 Å². The van der Waals surface area contributed by atoms with Gasteiger partial charge in [-0.25, -0.2) is 0 Å². The topological polar surface area (TPSA) is 66.6 Å².